The van der Waals surface area contributed by atoms with Gasteiger partial charge in [0.15, 0.2) is 0 Å². The lowest BCUT2D eigenvalue weighted by molar-refractivity contribution is 0.356. The van der Waals surface area contributed by atoms with E-state index in [0.717, 1.165) is 23.6 Å². The first-order chi connectivity index (χ1) is 7.25. The lowest BCUT2D eigenvalue weighted by atomic mass is 9.84. The average molecular weight is 205 g/mol. The molecule has 0 atom stereocenters. The molecule has 2 heteroatoms. The minimum Gasteiger partial charge on any atom is -0.508 e. The van der Waals surface area contributed by atoms with Gasteiger partial charge in [-0.2, -0.15) is 0 Å². The molecule has 1 aromatic rings. The maximum atomic E-state index is 9.41. The van der Waals surface area contributed by atoms with Gasteiger partial charge in [0, 0.05) is 5.69 Å². The molecular weight excluding hydrogens is 186 g/mol. The first kappa shape index (κ1) is 10.3. The normalized spacial score (nSPS) is 17.9. The van der Waals surface area contributed by atoms with E-state index in [1.54, 1.807) is 12.1 Å². The summed E-state index contributed by atoms with van der Waals surface area (Å²) in [5, 5.41) is 9.41. The maximum Gasteiger partial charge on any atom is 0.116 e. The van der Waals surface area contributed by atoms with Gasteiger partial charge in [0.1, 0.15) is 5.75 Å². The summed E-state index contributed by atoms with van der Waals surface area (Å²) in [5.41, 5.74) is 7.83. The quantitative estimate of drug-likeness (QED) is 0.575. The van der Waals surface area contributed by atoms with Crippen LogP contribution < -0.4 is 5.73 Å². The van der Waals surface area contributed by atoms with Gasteiger partial charge in [-0.1, -0.05) is 32.1 Å². The predicted molar refractivity (Wildman–Crippen MR) is 62.8 cm³/mol. The van der Waals surface area contributed by atoms with Crippen LogP contribution in [0.3, 0.4) is 0 Å². The number of anilines is 1. The summed E-state index contributed by atoms with van der Waals surface area (Å²) in [5.74, 6) is 1.10. The van der Waals surface area contributed by atoms with Gasteiger partial charge >= 0.3 is 0 Å². The highest BCUT2D eigenvalue weighted by Gasteiger charge is 2.15. The van der Waals surface area contributed by atoms with E-state index in [2.05, 4.69) is 0 Å². The van der Waals surface area contributed by atoms with Crippen LogP contribution in [0.15, 0.2) is 18.2 Å². The number of phenolic OH excluding ortho intramolecular Hbond substituents is 1. The summed E-state index contributed by atoms with van der Waals surface area (Å²) >= 11 is 0. The molecular formula is C13H19NO. The highest BCUT2D eigenvalue weighted by atomic mass is 16.3. The van der Waals surface area contributed by atoms with Crippen molar-refractivity contribution in [3.63, 3.8) is 0 Å². The molecule has 0 spiro atoms. The Balaban J connectivity index is 2.05. The summed E-state index contributed by atoms with van der Waals surface area (Å²) in [6.07, 6.45) is 7.74. The number of aromatic hydroxyl groups is 1. The van der Waals surface area contributed by atoms with E-state index >= 15 is 0 Å². The Labute approximate surface area is 91.1 Å². The minimum atomic E-state index is 0.329. The smallest absolute Gasteiger partial charge is 0.116 e. The number of rotatable bonds is 2. The van der Waals surface area contributed by atoms with E-state index < -0.39 is 0 Å². The van der Waals surface area contributed by atoms with Crippen LogP contribution in [0.1, 0.15) is 37.7 Å². The largest absolute Gasteiger partial charge is 0.508 e. The van der Waals surface area contributed by atoms with Crippen LogP contribution in [0.2, 0.25) is 0 Å². The molecule has 82 valence electrons. The van der Waals surface area contributed by atoms with Gasteiger partial charge in [0.05, 0.1) is 0 Å². The molecule has 3 N–H and O–H groups in total. The van der Waals surface area contributed by atoms with Gasteiger partial charge in [-0.25, -0.2) is 0 Å². The predicted octanol–water partition coefficient (Wildman–Crippen LogP) is 3.10. The zero-order chi connectivity index (χ0) is 10.7. The first-order valence-corrected chi connectivity index (χ1v) is 5.83. The van der Waals surface area contributed by atoms with Gasteiger partial charge < -0.3 is 10.8 Å². The second-order valence-corrected chi connectivity index (χ2v) is 4.59. The SMILES string of the molecule is Nc1ccc(O)cc1CC1CCCCC1. The molecule has 1 fully saturated rings. The Morgan fingerprint density at radius 3 is 2.67 bits per heavy atom. The topological polar surface area (TPSA) is 46.2 Å². The average Bonchev–Trinajstić information content (AvgIpc) is 2.25. The summed E-state index contributed by atoms with van der Waals surface area (Å²) in [4.78, 5) is 0. The van der Waals surface area contributed by atoms with Gasteiger partial charge in [-0.15, -0.1) is 0 Å². The molecule has 0 bridgehead atoms. The summed E-state index contributed by atoms with van der Waals surface area (Å²) in [6, 6.07) is 5.26. The van der Waals surface area contributed by atoms with E-state index in [9.17, 15) is 5.11 Å². The molecule has 0 radical (unpaired) electrons. The molecule has 0 aliphatic heterocycles. The summed E-state index contributed by atoms with van der Waals surface area (Å²) < 4.78 is 0. The van der Waals surface area contributed by atoms with Crippen molar-refractivity contribution in [3.8, 4) is 5.75 Å². The second-order valence-electron chi connectivity index (χ2n) is 4.59. The van der Waals surface area contributed by atoms with Crippen LogP contribution in [0.25, 0.3) is 0 Å². The minimum absolute atomic E-state index is 0.329. The van der Waals surface area contributed by atoms with Crippen LogP contribution in [-0.2, 0) is 6.42 Å². The molecule has 1 aliphatic rings. The molecule has 2 nitrogen and oxygen atoms in total. The van der Waals surface area contributed by atoms with Gasteiger partial charge in [-0.05, 0) is 36.1 Å². The lowest BCUT2D eigenvalue weighted by Gasteiger charge is -2.22. The van der Waals surface area contributed by atoms with E-state index in [-0.39, 0.29) is 0 Å². The molecule has 15 heavy (non-hydrogen) atoms. The molecule has 1 saturated carbocycles. The zero-order valence-electron chi connectivity index (χ0n) is 9.08. The van der Waals surface area contributed by atoms with E-state index in [1.807, 2.05) is 6.07 Å². The van der Waals surface area contributed by atoms with Gasteiger partial charge in [-0.3, -0.25) is 0 Å². The van der Waals surface area contributed by atoms with Gasteiger partial charge in [0.2, 0.25) is 0 Å². The van der Waals surface area contributed by atoms with E-state index in [0.29, 0.717) is 5.75 Å². The van der Waals surface area contributed by atoms with Crippen LogP contribution in [0.4, 0.5) is 5.69 Å². The van der Waals surface area contributed by atoms with E-state index in [4.69, 9.17) is 5.73 Å². The third-order valence-corrected chi connectivity index (χ3v) is 3.36. The number of hydrogen-bond donors (Lipinski definition) is 2. The van der Waals surface area contributed by atoms with E-state index in [1.165, 1.54) is 32.1 Å². The van der Waals surface area contributed by atoms with Gasteiger partial charge in [0.25, 0.3) is 0 Å². The van der Waals surface area contributed by atoms with Crippen LogP contribution in [0, 0.1) is 5.92 Å². The molecule has 0 saturated heterocycles. The Morgan fingerprint density at radius 1 is 1.20 bits per heavy atom. The maximum absolute atomic E-state index is 9.41. The standard InChI is InChI=1S/C13H19NO/c14-13-7-6-12(15)9-11(13)8-10-4-2-1-3-5-10/h6-7,9-10,15H,1-5,8,14H2. The summed E-state index contributed by atoms with van der Waals surface area (Å²) in [6.45, 7) is 0. The number of nitrogen functional groups attached to an aromatic ring is 1. The van der Waals surface area contributed by atoms with Crippen molar-refractivity contribution in [1.82, 2.24) is 0 Å². The number of phenols is 1. The Kier molecular flexibility index (Phi) is 3.14. The van der Waals surface area contributed by atoms with Crippen LogP contribution in [0.5, 0.6) is 5.75 Å². The molecule has 0 amide bonds. The fraction of sp³-hybridized carbons (Fsp3) is 0.538. The van der Waals surface area contributed by atoms with Crippen LogP contribution in [-0.4, -0.2) is 5.11 Å². The lowest BCUT2D eigenvalue weighted by Crippen LogP contribution is -2.10. The highest BCUT2D eigenvalue weighted by Crippen LogP contribution is 2.29. The van der Waals surface area contributed by atoms with Crippen molar-refractivity contribution in [3.05, 3.63) is 23.8 Å². The third kappa shape index (κ3) is 2.65. The zero-order valence-corrected chi connectivity index (χ0v) is 9.08. The molecule has 1 aliphatic carbocycles. The van der Waals surface area contributed by atoms with Crippen molar-refractivity contribution in [2.45, 2.75) is 38.5 Å². The second kappa shape index (κ2) is 4.56. The van der Waals surface area contributed by atoms with Crippen LogP contribution >= 0.6 is 0 Å². The fourth-order valence-corrected chi connectivity index (χ4v) is 2.47. The molecule has 2 rings (SSSR count). The molecule has 0 unspecified atom stereocenters. The molecule has 0 heterocycles. The molecule has 0 aromatic heterocycles. The Bertz CT molecular complexity index is 329. The Hall–Kier alpha value is -1.18. The third-order valence-electron chi connectivity index (χ3n) is 3.36. The fourth-order valence-electron chi connectivity index (χ4n) is 2.47. The van der Waals surface area contributed by atoms with Crippen molar-refractivity contribution in [1.29, 1.82) is 0 Å². The van der Waals surface area contributed by atoms with Crippen molar-refractivity contribution >= 4 is 5.69 Å². The van der Waals surface area contributed by atoms with Crippen molar-refractivity contribution in [2.75, 3.05) is 5.73 Å². The highest BCUT2D eigenvalue weighted by molar-refractivity contribution is 5.50. The number of nitrogens with two attached hydrogens (primary N) is 1. The Morgan fingerprint density at radius 2 is 1.93 bits per heavy atom. The number of hydrogen-bond acceptors (Lipinski definition) is 2. The summed E-state index contributed by atoms with van der Waals surface area (Å²) in [7, 11) is 0. The van der Waals surface area contributed by atoms with Crippen molar-refractivity contribution < 1.29 is 5.11 Å². The molecule has 1 aromatic carbocycles. The monoisotopic (exact) mass is 205 g/mol. The van der Waals surface area contributed by atoms with Crippen molar-refractivity contribution in [2.24, 2.45) is 5.92 Å². The first-order valence-electron chi connectivity index (χ1n) is 5.83. The number of benzene rings is 1.